The number of ether oxygens (including phenoxy) is 2. The lowest BCUT2D eigenvalue weighted by atomic mass is 10.1. The molecule has 0 bridgehead atoms. The van der Waals surface area contributed by atoms with Crippen LogP contribution in [-0.2, 0) is 26.2 Å². The second kappa shape index (κ2) is 11.6. The molecule has 0 unspecified atom stereocenters. The Morgan fingerprint density at radius 3 is 2.39 bits per heavy atom. The Labute approximate surface area is 213 Å². The number of aryl methyl sites for hydroxylation is 1. The molecule has 0 saturated heterocycles. The van der Waals surface area contributed by atoms with Gasteiger partial charge in [0, 0.05) is 18.7 Å². The highest BCUT2D eigenvalue weighted by Crippen LogP contribution is 2.36. The van der Waals surface area contributed by atoms with E-state index in [9.17, 15) is 18.0 Å². The topological polar surface area (TPSA) is 105 Å². The molecule has 1 N–H and O–H groups in total. The Bertz CT molecular complexity index is 1200. The number of benzene rings is 2. The summed E-state index contributed by atoms with van der Waals surface area (Å²) in [6.45, 7) is 8.78. The second-order valence-corrected chi connectivity index (χ2v) is 11.2. The van der Waals surface area contributed by atoms with Crippen LogP contribution in [0.2, 0.25) is 0 Å². The minimum Gasteiger partial charge on any atom is -0.454 e. The fraction of sp³-hybridized carbons (Fsp3) is 0.462. The molecule has 0 fully saturated rings. The van der Waals surface area contributed by atoms with E-state index in [0.717, 1.165) is 15.4 Å². The van der Waals surface area contributed by atoms with Gasteiger partial charge in [-0.1, -0.05) is 31.2 Å². The first-order valence-corrected chi connectivity index (χ1v) is 13.7. The predicted octanol–water partition coefficient (Wildman–Crippen LogP) is 3.21. The molecular formula is C26H35N3O6S. The monoisotopic (exact) mass is 517 g/mol. The summed E-state index contributed by atoms with van der Waals surface area (Å²) in [5.74, 6) is -0.0224. The summed E-state index contributed by atoms with van der Waals surface area (Å²) in [6.07, 6.45) is 0.376. The fourth-order valence-corrected chi connectivity index (χ4v) is 5.08. The highest BCUT2D eigenvalue weighted by atomic mass is 32.2. The van der Waals surface area contributed by atoms with Crippen LogP contribution in [0.1, 0.15) is 45.2 Å². The van der Waals surface area contributed by atoms with E-state index in [2.05, 4.69) is 5.32 Å². The number of hydrogen-bond donors (Lipinski definition) is 1. The lowest BCUT2D eigenvalue weighted by Gasteiger charge is -2.33. The van der Waals surface area contributed by atoms with E-state index in [1.165, 1.54) is 11.8 Å². The normalized spacial score (nSPS) is 13.4. The van der Waals surface area contributed by atoms with Crippen LogP contribution in [0.3, 0.4) is 0 Å². The van der Waals surface area contributed by atoms with Crippen LogP contribution in [-0.4, -0.2) is 56.3 Å². The molecule has 1 heterocycles. The van der Waals surface area contributed by atoms with Gasteiger partial charge in [-0.25, -0.2) is 8.42 Å². The number of nitrogens with zero attached hydrogens (tertiary/aromatic N) is 2. The largest absolute Gasteiger partial charge is 0.454 e. The maximum atomic E-state index is 13.8. The highest BCUT2D eigenvalue weighted by Gasteiger charge is 2.33. The predicted molar refractivity (Wildman–Crippen MR) is 138 cm³/mol. The van der Waals surface area contributed by atoms with Gasteiger partial charge >= 0.3 is 0 Å². The molecule has 2 aromatic carbocycles. The molecule has 10 heteroatoms. The van der Waals surface area contributed by atoms with Crippen molar-refractivity contribution in [2.75, 3.05) is 23.4 Å². The van der Waals surface area contributed by atoms with Crippen molar-refractivity contribution in [3.8, 4) is 11.5 Å². The Morgan fingerprint density at radius 2 is 1.75 bits per heavy atom. The zero-order valence-electron chi connectivity index (χ0n) is 21.5. The Balaban J connectivity index is 1.99. The van der Waals surface area contributed by atoms with Gasteiger partial charge in [-0.2, -0.15) is 0 Å². The number of anilines is 1. The van der Waals surface area contributed by atoms with Gasteiger partial charge in [0.2, 0.25) is 28.6 Å². The molecule has 9 nitrogen and oxygen atoms in total. The third-order valence-corrected chi connectivity index (χ3v) is 7.78. The molecule has 0 aromatic heterocycles. The lowest BCUT2D eigenvalue weighted by Crippen LogP contribution is -2.53. The van der Waals surface area contributed by atoms with Crippen LogP contribution < -0.4 is 19.1 Å². The lowest BCUT2D eigenvalue weighted by molar-refractivity contribution is -0.140. The number of hydrogen-bond acceptors (Lipinski definition) is 6. The molecule has 2 aromatic rings. The summed E-state index contributed by atoms with van der Waals surface area (Å²) in [4.78, 5) is 28.4. The van der Waals surface area contributed by atoms with Gasteiger partial charge in [0.05, 0.1) is 11.4 Å². The number of amides is 2. The number of rotatable bonds is 11. The third kappa shape index (κ3) is 6.29. The molecule has 1 aliphatic rings. The van der Waals surface area contributed by atoms with Crippen molar-refractivity contribution in [1.82, 2.24) is 10.2 Å². The Morgan fingerprint density at radius 1 is 1.06 bits per heavy atom. The number of carbonyl (C=O) groups is 2. The van der Waals surface area contributed by atoms with E-state index >= 15 is 0 Å². The summed E-state index contributed by atoms with van der Waals surface area (Å²) in [7, 11) is -3.82. The van der Waals surface area contributed by atoms with Crippen LogP contribution in [0.4, 0.5) is 5.69 Å². The molecule has 1 atom stereocenters. The van der Waals surface area contributed by atoms with E-state index in [-0.39, 0.29) is 31.0 Å². The number of fused-ring (bicyclic) bond motifs is 1. The van der Waals surface area contributed by atoms with E-state index in [4.69, 9.17) is 9.47 Å². The minimum atomic E-state index is -3.82. The third-order valence-electron chi connectivity index (χ3n) is 6.04. The molecule has 1 aliphatic heterocycles. The van der Waals surface area contributed by atoms with Gasteiger partial charge in [-0.05, 0) is 57.4 Å². The summed E-state index contributed by atoms with van der Waals surface area (Å²) in [6, 6.07) is 11.5. The maximum Gasteiger partial charge on any atom is 0.244 e. The van der Waals surface area contributed by atoms with Crippen molar-refractivity contribution < 1.29 is 27.5 Å². The molecule has 2 amide bonds. The molecule has 0 saturated carbocycles. The van der Waals surface area contributed by atoms with Gasteiger partial charge in [0.25, 0.3) is 0 Å². The fourth-order valence-electron chi connectivity index (χ4n) is 4.03. The van der Waals surface area contributed by atoms with Crippen LogP contribution in [0.25, 0.3) is 0 Å². The minimum absolute atomic E-state index is 0.0472. The van der Waals surface area contributed by atoms with Crippen LogP contribution in [0.15, 0.2) is 42.5 Å². The van der Waals surface area contributed by atoms with Gasteiger partial charge in [0.15, 0.2) is 11.5 Å². The van der Waals surface area contributed by atoms with Gasteiger partial charge in [0.1, 0.15) is 12.6 Å². The van der Waals surface area contributed by atoms with Gasteiger partial charge < -0.3 is 19.7 Å². The first-order chi connectivity index (χ1) is 17.1. The van der Waals surface area contributed by atoms with Crippen molar-refractivity contribution >= 4 is 27.5 Å². The number of carbonyl (C=O) groups excluding carboxylic acids is 2. The molecule has 0 aliphatic carbocycles. The summed E-state index contributed by atoms with van der Waals surface area (Å²) >= 11 is 0. The van der Waals surface area contributed by atoms with Crippen molar-refractivity contribution in [2.45, 2.75) is 59.7 Å². The van der Waals surface area contributed by atoms with Crippen LogP contribution in [0.5, 0.6) is 11.5 Å². The smallest absolute Gasteiger partial charge is 0.244 e. The number of nitrogens with one attached hydrogen (secondary N) is 1. The number of sulfonamides is 1. The SMILES string of the molecule is CC[C@H](C(=O)NC(C)C)N(Cc1ccccc1C)C(=O)CN(c1ccc2c(c1)OCO2)S(=O)(=O)CC. The average molecular weight is 518 g/mol. The van der Waals surface area contributed by atoms with Crippen molar-refractivity contribution in [1.29, 1.82) is 0 Å². The summed E-state index contributed by atoms with van der Waals surface area (Å²) in [5.41, 5.74) is 2.16. The second-order valence-electron chi connectivity index (χ2n) is 8.98. The molecule has 36 heavy (non-hydrogen) atoms. The Hall–Kier alpha value is -3.27. The van der Waals surface area contributed by atoms with E-state index < -0.39 is 28.5 Å². The van der Waals surface area contributed by atoms with Crippen molar-refractivity contribution in [2.24, 2.45) is 0 Å². The van der Waals surface area contributed by atoms with E-state index in [0.29, 0.717) is 23.6 Å². The summed E-state index contributed by atoms with van der Waals surface area (Å²) < 4.78 is 38.0. The first kappa shape index (κ1) is 27.3. The molecular weight excluding hydrogens is 482 g/mol. The molecule has 3 rings (SSSR count). The first-order valence-electron chi connectivity index (χ1n) is 12.1. The summed E-state index contributed by atoms with van der Waals surface area (Å²) in [5, 5.41) is 2.89. The standard InChI is InChI=1S/C26H35N3O6S/c1-6-22(26(31)27-18(3)4)28(15-20-11-9-8-10-19(20)5)25(30)16-29(36(32,33)7-2)21-12-13-23-24(14-21)35-17-34-23/h8-14,18,22H,6-7,15-17H2,1-5H3,(H,27,31)/t22-/m1/s1. The van der Waals surface area contributed by atoms with Gasteiger partial charge in [-0.15, -0.1) is 0 Å². The average Bonchev–Trinajstić information content (AvgIpc) is 3.30. The van der Waals surface area contributed by atoms with E-state index in [1.54, 1.807) is 18.2 Å². The molecule has 196 valence electrons. The van der Waals surface area contributed by atoms with Crippen LogP contribution >= 0.6 is 0 Å². The maximum absolute atomic E-state index is 13.8. The zero-order valence-corrected chi connectivity index (χ0v) is 22.3. The van der Waals surface area contributed by atoms with Crippen molar-refractivity contribution in [3.63, 3.8) is 0 Å². The molecule has 0 radical (unpaired) electrons. The quantitative estimate of drug-likeness (QED) is 0.491. The molecule has 0 spiro atoms. The zero-order chi connectivity index (χ0) is 26.5. The highest BCUT2D eigenvalue weighted by molar-refractivity contribution is 7.92. The Kier molecular flexibility index (Phi) is 8.84. The van der Waals surface area contributed by atoms with Crippen molar-refractivity contribution in [3.05, 3.63) is 53.6 Å². The van der Waals surface area contributed by atoms with Gasteiger partial charge in [-0.3, -0.25) is 13.9 Å². The van der Waals surface area contributed by atoms with Crippen LogP contribution in [0, 0.1) is 6.92 Å². The van der Waals surface area contributed by atoms with E-state index in [1.807, 2.05) is 52.0 Å².